The average molecular weight is 639 g/mol. The van der Waals surface area contributed by atoms with Crippen LogP contribution >= 0.6 is 17.2 Å². The van der Waals surface area contributed by atoms with Gasteiger partial charge in [0.25, 0.3) is 0 Å². The molecule has 2 atom stereocenters. The Hall–Kier alpha value is -4.22. The molecule has 2 nitrogen and oxygen atoms in total. The third-order valence-electron chi connectivity index (χ3n) is 8.36. The van der Waals surface area contributed by atoms with Crippen LogP contribution in [0, 0.1) is 0 Å². The standard InChI is InChI=1S/C42H40O2P2/c1-43-35-23-19-31(20-24-35)29-39-37(33-11-5-3-6-12-33)15-9-17-41(39)45-27-28-46-42-18-10-16-38(34-13-7-4-8-14-34)40(42)30-32-21-25-36(44-2)26-22-32/h3-26,45-46H,27-30H2,1-2H3. The number of hydrogen-bond donors (Lipinski definition) is 0. The maximum atomic E-state index is 5.42. The van der Waals surface area contributed by atoms with Crippen molar-refractivity contribution in [2.75, 3.05) is 26.5 Å². The van der Waals surface area contributed by atoms with Crippen LogP contribution in [0.25, 0.3) is 22.3 Å². The van der Waals surface area contributed by atoms with E-state index in [1.54, 1.807) is 14.2 Å². The van der Waals surface area contributed by atoms with Crippen molar-refractivity contribution in [1.82, 2.24) is 0 Å². The predicted molar refractivity (Wildman–Crippen MR) is 201 cm³/mol. The molecule has 230 valence electrons. The van der Waals surface area contributed by atoms with E-state index in [9.17, 15) is 0 Å². The summed E-state index contributed by atoms with van der Waals surface area (Å²) < 4.78 is 10.8. The van der Waals surface area contributed by atoms with E-state index in [1.807, 2.05) is 0 Å². The minimum absolute atomic E-state index is 0.753. The van der Waals surface area contributed by atoms with Gasteiger partial charge in [0.05, 0.1) is 14.2 Å². The highest BCUT2D eigenvalue weighted by Crippen LogP contribution is 2.32. The van der Waals surface area contributed by atoms with Gasteiger partial charge in [-0.1, -0.05) is 138 Å². The molecule has 0 amide bonds. The summed E-state index contributed by atoms with van der Waals surface area (Å²) in [5, 5.41) is 2.94. The van der Waals surface area contributed by atoms with Crippen LogP contribution in [0.15, 0.2) is 146 Å². The van der Waals surface area contributed by atoms with Crippen LogP contribution in [0.1, 0.15) is 22.3 Å². The fourth-order valence-corrected chi connectivity index (χ4v) is 8.79. The van der Waals surface area contributed by atoms with Crippen molar-refractivity contribution in [2.45, 2.75) is 12.8 Å². The molecule has 0 aromatic heterocycles. The fraction of sp³-hybridized carbons (Fsp3) is 0.143. The van der Waals surface area contributed by atoms with Gasteiger partial charge < -0.3 is 9.47 Å². The zero-order valence-corrected chi connectivity index (χ0v) is 28.5. The van der Waals surface area contributed by atoms with Gasteiger partial charge in [-0.3, -0.25) is 0 Å². The number of hydrogen-bond acceptors (Lipinski definition) is 2. The van der Waals surface area contributed by atoms with E-state index in [0.717, 1.165) is 41.5 Å². The van der Waals surface area contributed by atoms with Crippen LogP contribution < -0.4 is 20.1 Å². The van der Waals surface area contributed by atoms with E-state index in [2.05, 4.69) is 146 Å². The van der Waals surface area contributed by atoms with Gasteiger partial charge in [0.15, 0.2) is 0 Å². The molecule has 46 heavy (non-hydrogen) atoms. The summed E-state index contributed by atoms with van der Waals surface area (Å²) in [6.07, 6.45) is 4.16. The van der Waals surface area contributed by atoms with E-state index in [1.165, 1.54) is 67.4 Å². The first-order valence-electron chi connectivity index (χ1n) is 15.8. The van der Waals surface area contributed by atoms with Crippen LogP contribution in [-0.2, 0) is 12.8 Å². The first kappa shape index (κ1) is 31.7. The molecule has 0 aliphatic heterocycles. The summed E-state index contributed by atoms with van der Waals surface area (Å²) in [6.45, 7) is 0. The molecule has 6 aromatic rings. The first-order valence-corrected chi connectivity index (χ1v) is 18.2. The van der Waals surface area contributed by atoms with E-state index < -0.39 is 0 Å². The van der Waals surface area contributed by atoms with Crippen molar-refractivity contribution >= 4 is 27.8 Å². The lowest BCUT2D eigenvalue weighted by atomic mass is 9.95. The Balaban J connectivity index is 1.23. The lowest BCUT2D eigenvalue weighted by molar-refractivity contribution is 0.414. The third kappa shape index (κ3) is 7.94. The van der Waals surface area contributed by atoms with Crippen molar-refractivity contribution < 1.29 is 9.47 Å². The van der Waals surface area contributed by atoms with Gasteiger partial charge in [-0.05, 0) is 105 Å². The average Bonchev–Trinajstić information content (AvgIpc) is 3.12. The van der Waals surface area contributed by atoms with Crippen molar-refractivity contribution in [3.63, 3.8) is 0 Å². The van der Waals surface area contributed by atoms with Gasteiger partial charge in [-0.25, -0.2) is 0 Å². The van der Waals surface area contributed by atoms with Crippen molar-refractivity contribution in [1.29, 1.82) is 0 Å². The lowest BCUT2D eigenvalue weighted by Crippen LogP contribution is -2.10. The van der Waals surface area contributed by atoms with Crippen LogP contribution in [0.3, 0.4) is 0 Å². The molecule has 4 heteroatoms. The zero-order valence-electron chi connectivity index (χ0n) is 26.5. The monoisotopic (exact) mass is 638 g/mol. The number of rotatable bonds is 13. The fourth-order valence-electron chi connectivity index (χ4n) is 5.95. The van der Waals surface area contributed by atoms with Crippen LogP contribution in [0.5, 0.6) is 11.5 Å². The van der Waals surface area contributed by atoms with Gasteiger partial charge in [0, 0.05) is 0 Å². The van der Waals surface area contributed by atoms with Gasteiger partial charge in [-0.15, -0.1) is 0 Å². The van der Waals surface area contributed by atoms with Crippen LogP contribution in [0.4, 0.5) is 0 Å². The molecule has 0 heterocycles. The molecule has 0 saturated heterocycles. The quantitative estimate of drug-likeness (QED) is 0.0927. The Labute approximate surface area is 277 Å². The number of methoxy groups -OCH3 is 2. The van der Waals surface area contributed by atoms with Gasteiger partial charge in [0.1, 0.15) is 11.5 Å². The van der Waals surface area contributed by atoms with E-state index >= 15 is 0 Å². The summed E-state index contributed by atoms with van der Waals surface area (Å²) >= 11 is 0. The smallest absolute Gasteiger partial charge is 0.118 e. The maximum Gasteiger partial charge on any atom is 0.118 e. The molecule has 0 saturated carbocycles. The maximum absolute atomic E-state index is 5.42. The lowest BCUT2D eigenvalue weighted by Gasteiger charge is -2.17. The molecule has 0 radical (unpaired) electrons. The Morgan fingerprint density at radius 1 is 0.413 bits per heavy atom. The minimum Gasteiger partial charge on any atom is -0.497 e. The minimum atomic E-state index is 0.753. The molecule has 6 rings (SSSR count). The van der Waals surface area contributed by atoms with Gasteiger partial charge >= 0.3 is 0 Å². The number of benzene rings is 6. The summed E-state index contributed by atoms with van der Waals surface area (Å²) in [4.78, 5) is 0. The molecule has 0 aliphatic rings. The second-order valence-corrected chi connectivity index (χ2v) is 14.1. The second-order valence-electron chi connectivity index (χ2n) is 11.3. The second kappa shape index (κ2) is 15.9. The van der Waals surface area contributed by atoms with Crippen LogP contribution in [-0.4, -0.2) is 26.5 Å². The summed E-state index contributed by atoms with van der Waals surface area (Å²) in [7, 11) is 4.95. The zero-order chi connectivity index (χ0) is 31.6. The molecule has 0 spiro atoms. The molecule has 0 aliphatic carbocycles. The van der Waals surface area contributed by atoms with Crippen molar-refractivity contribution in [3.05, 3.63) is 168 Å². The van der Waals surface area contributed by atoms with Crippen LogP contribution in [0.2, 0.25) is 0 Å². The van der Waals surface area contributed by atoms with Gasteiger partial charge in [-0.2, -0.15) is 0 Å². The molecular formula is C42H40O2P2. The molecule has 6 aromatic carbocycles. The molecule has 0 bridgehead atoms. The Morgan fingerprint density at radius 2 is 0.804 bits per heavy atom. The molecule has 2 unspecified atom stereocenters. The van der Waals surface area contributed by atoms with E-state index in [0.29, 0.717) is 0 Å². The Kier molecular flexibility index (Phi) is 10.9. The molecular weight excluding hydrogens is 598 g/mol. The number of ether oxygens (including phenoxy) is 2. The molecule has 0 N–H and O–H groups in total. The Bertz CT molecular complexity index is 1700. The highest BCUT2D eigenvalue weighted by molar-refractivity contribution is 7.51. The topological polar surface area (TPSA) is 18.5 Å². The Morgan fingerprint density at radius 3 is 1.17 bits per heavy atom. The summed E-state index contributed by atoms with van der Waals surface area (Å²) in [5.41, 5.74) is 10.7. The van der Waals surface area contributed by atoms with E-state index in [-0.39, 0.29) is 0 Å². The SMILES string of the molecule is COc1ccc(Cc2c(PCCPc3cccc(-c4ccccc4)c3Cc3ccc(OC)cc3)cccc2-c2ccccc2)cc1. The predicted octanol–water partition coefficient (Wildman–Crippen LogP) is 9.53. The highest BCUT2D eigenvalue weighted by Gasteiger charge is 2.14. The highest BCUT2D eigenvalue weighted by atomic mass is 31.1. The van der Waals surface area contributed by atoms with Gasteiger partial charge in [0.2, 0.25) is 0 Å². The summed E-state index contributed by atoms with van der Waals surface area (Å²) in [6, 6.07) is 52.4. The largest absolute Gasteiger partial charge is 0.497 e. The summed E-state index contributed by atoms with van der Waals surface area (Å²) in [5.74, 6) is 1.79. The molecule has 0 fully saturated rings. The van der Waals surface area contributed by atoms with E-state index in [4.69, 9.17) is 9.47 Å². The van der Waals surface area contributed by atoms with Crippen molar-refractivity contribution in [3.8, 4) is 33.8 Å². The first-order chi connectivity index (χ1) is 22.7. The normalized spacial score (nSPS) is 11.4. The third-order valence-corrected chi connectivity index (χ3v) is 11.6. The van der Waals surface area contributed by atoms with Crippen molar-refractivity contribution in [2.24, 2.45) is 0 Å².